The van der Waals surface area contributed by atoms with Crippen molar-refractivity contribution < 1.29 is 13.9 Å². The fourth-order valence-corrected chi connectivity index (χ4v) is 3.43. The second kappa shape index (κ2) is 8.90. The van der Waals surface area contributed by atoms with Gasteiger partial charge in [0.15, 0.2) is 0 Å². The summed E-state index contributed by atoms with van der Waals surface area (Å²) in [6.45, 7) is 2.37. The zero-order valence-electron chi connectivity index (χ0n) is 16.7. The van der Waals surface area contributed by atoms with Gasteiger partial charge in [0.25, 0.3) is 0 Å². The number of para-hydroxylation sites is 2. The minimum absolute atomic E-state index is 0.262. The van der Waals surface area contributed by atoms with Gasteiger partial charge in [-0.05, 0) is 55.5 Å². The van der Waals surface area contributed by atoms with Crippen LogP contribution in [0.5, 0.6) is 0 Å². The highest BCUT2D eigenvalue weighted by Crippen LogP contribution is 2.28. The number of ether oxygens (including phenoxy) is 1. The van der Waals surface area contributed by atoms with E-state index >= 15 is 0 Å². The van der Waals surface area contributed by atoms with Crippen LogP contribution in [0, 0.1) is 11.3 Å². The summed E-state index contributed by atoms with van der Waals surface area (Å²) in [5, 5.41) is 9.91. The Balaban J connectivity index is 1.59. The van der Waals surface area contributed by atoms with Crippen molar-refractivity contribution in [2.24, 2.45) is 0 Å². The van der Waals surface area contributed by atoms with E-state index in [2.05, 4.69) is 11.1 Å². The van der Waals surface area contributed by atoms with E-state index in [1.54, 1.807) is 49.7 Å². The molecular weight excluding hydrogens is 414 g/mol. The molecule has 0 spiro atoms. The van der Waals surface area contributed by atoms with Gasteiger partial charge in [-0.3, -0.25) is 0 Å². The Labute approximate surface area is 183 Å². The maximum absolute atomic E-state index is 12.1. The lowest BCUT2D eigenvalue weighted by Gasteiger charge is -2.06. The number of nitrogens with zero attached hydrogens (tertiary/aromatic N) is 3. The van der Waals surface area contributed by atoms with E-state index < -0.39 is 5.97 Å². The number of hydrogen-bond acceptors (Lipinski definition) is 5. The third-order valence-electron chi connectivity index (χ3n) is 4.70. The van der Waals surface area contributed by atoms with Gasteiger partial charge in [-0.25, -0.2) is 9.78 Å². The lowest BCUT2D eigenvalue weighted by Crippen LogP contribution is -2.05. The van der Waals surface area contributed by atoms with E-state index in [4.69, 9.17) is 20.8 Å². The van der Waals surface area contributed by atoms with Crippen LogP contribution in [0.15, 0.2) is 70.9 Å². The smallest absolute Gasteiger partial charge is 0.339 e. The summed E-state index contributed by atoms with van der Waals surface area (Å²) in [4.78, 5) is 16.4. The lowest BCUT2D eigenvalue weighted by molar-refractivity contribution is 0.0526. The van der Waals surface area contributed by atoms with Crippen molar-refractivity contribution in [3.8, 4) is 17.4 Å². The van der Waals surface area contributed by atoms with E-state index in [0.29, 0.717) is 34.2 Å². The molecule has 4 rings (SSSR count). The summed E-state index contributed by atoms with van der Waals surface area (Å²) >= 11 is 6.13. The molecule has 6 nitrogen and oxygen atoms in total. The number of imidazole rings is 1. The number of rotatable bonds is 6. The molecule has 31 heavy (non-hydrogen) atoms. The molecule has 0 fully saturated rings. The van der Waals surface area contributed by atoms with Crippen molar-refractivity contribution in [2.45, 2.75) is 13.5 Å². The number of halogens is 1. The number of benzene rings is 2. The number of fused-ring (bicyclic) bond motifs is 1. The maximum atomic E-state index is 12.1. The predicted octanol–water partition coefficient (Wildman–Crippen LogP) is 5.73. The maximum Gasteiger partial charge on any atom is 0.339 e. The molecule has 0 aliphatic rings. The second-order valence-corrected chi connectivity index (χ2v) is 7.17. The van der Waals surface area contributed by atoms with Crippen LogP contribution in [0.25, 0.3) is 28.4 Å². The Kier molecular flexibility index (Phi) is 5.87. The average Bonchev–Trinajstić information content (AvgIpc) is 3.41. The highest BCUT2D eigenvalue weighted by molar-refractivity contribution is 6.33. The summed E-state index contributed by atoms with van der Waals surface area (Å²) in [6, 6.07) is 18.6. The zero-order chi connectivity index (χ0) is 21.8. The molecule has 7 heteroatoms. The first-order chi connectivity index (χ1) is 15.1. The van der Waals surface area contributed by atoms with Crippen LogP contribution in [-0.2, 0) is 11.3 Å². The van der Waals surface area contributed by atoms with Gasteiger partial charge in [0.2, 0.25) is 0 Å². The normalized spacial score (nSPS) is 11.5. The molecule has 0 bridgehead atoms. The van der Waals surface area contributed by atoms with Crippen LogP contribution >= 0.6 is 11.6 Å². The summed E-state index contributed by atoms with van der Waals surface area (Å²) in [7, 11) is 0. The quantitative estimate of drug-likeness (QED) is 0.287. The zero-order valence-corrected chi connectivity index (χ0v) is 17.5. The molecule has 2 aromatic carbocycles. The summed E-state index contributed by atoms with van der Waals surface area (Å²) < 4.78 is 12.9. The van der Waals surface area contributed by atoms with Crippen LogP contribution in [-0.4, -0.2) is 22.1 Å². The van der Waals surface area contributed by atoms with Crippen LogP contribution in [0.1, 0.15) is 23.0 Å². The van der Waals surface area contributed by atoms with Crippen molar-refractivity contribution in [1.29, 1.82) is 5.26 Å². The molecule has 4 aromatic rings. The molecule has 2 aromatic heterocycles. The highest BCUT2D eigenvalue weighted by atomic mass is 35.5. The summed E-state index contributed by atoms with van der Waals surface area (Å²) in [6.07, 6.45) is 3.41. The fourth-order valence-electron chi connectivity index (χ4n) is 3.23. The number of furan rings is 1. The standard InChI is InChI=1S/C24H18ClN3O3/c1-2-30-24(29)19-12-17(7-9-20(19)25)23-10-8-18(31-23)11-16(13-26)14-28-15-27-21-5-3-4-6-22(21)28/h3-12,15H,2,14H2,1H3/b16-11-. The van der Waals surface area contributed by atoms with Crippen LogP contribution in [0.4, 0.5) is 0 Å². The Morgan fingerprint density at radius 2 is 2.10 bits per heavy atom. The molecule has 0 saturated heterocycles. The average molecular weight is 432 g/mol. The molecule has 0 saturated carbocycles. The molecule has 0 unspecified atom stereocenters. The number of carbonyl (C=O) groups is 1. The molecule has 0 radical (unpaired) electrons. The molecule has 0 aliphatic carbocycles. The number of esters is 1. The van der Waals surface area contributed by atoms with Crippen LogP contribution in [0.2, 0.25) is 5.02 Å². The summed E-state index contributed by atoms with van der Waals surface area (Å²) in [5.41, 5.74) is 3.31. The van der Waals surface area contributed by atoms with Crippen molar-refractivity contribution in [3.05, 3.63) is 82.8 Å². The van der Waals surface area contributed by atoms with Crippen molar-refractivity contribution in [3.63, 3.8) is 0 Å². The number of allylic oxidation sites excluding steroid dienone is 1. The minimum Gasteiger partial charge on any atom is -0.462 e. The highest BCUT2D eigenvalue weighted by Gasteiger charge is 2.14. The van der Waals surface area contributed by atoms with Crippen LogP contribution in [0.3, 0.4) is 0 Å². The fraction of sp³-hybridized carbons (Fsp3) is 0.125. The van der Waals surface area contributed by atoms with Gasteiger partial charge < -0.3 is 13.7 Å². The third-order valence-corrected chi connectivity index (χ3v) is 5.03. The number of carbonyl (C=O) groups excluding carboxylic acids is 1. The minimum atomic E-state index is -0.486. The van der Waals surface area contributed by atoms with E-state index in [1.165, 1.54) is 0 Å². The van der Waals surface area contributed by atoms with Crippen molar-refractivity contribution >= 4 is 34.7 Å². The van der Waals surface area contributed by atoms with Gasteiger partial charge in [-0.1, -0.05) is 23.7 Å². The lowest BCUT2D eigenvalue weighted by atomic mass is 10.1. The predicted molar refractivity (Wildman–Crippen MR) is 118 cm³/mol. The van der Waals surface area contributed by atoms with Gasteiger partial charge in [0.1, 0.15) is 11.5 Å². The van der Waals surface area contributed by atoms with E-state index in [1.807, 2.05) is 28.8 Å². The third kappa shape index (κ3) is 4.37. The molecule has 0 N–H and O–H groups in total. The largest absolute Gasteiger partial charge is 0.462 e. The van der Waals surface area contributed by atoms with Crippen LogP contribution < -0.4 is 0 Å². The molecule has 154 valence electrons. The summed E-state index contributed by atoms with van der Waals surface area (Å²) in [5.74, 6) is 0.600. The van der Waals surface area contributed by atoms with Gasteiger partial charge >= 0.3 is 5.97 Å². The molecule has 0 amide bonds. The SMILES string of the molecule is CCOC(=O)c1cc(-c2ccc(/C=C(/C#N)Cn3cnc4ccccc43)o2)ccc1Cl. The first kappa shape index (κ1) is 20.5. The molecule has 0 aliphatic heterocycles. The monoisotopic (exact) mass is 431 g/mol. The van der Waals surface area contributed by atoms with Gasteiger partial charge in [-0.15, -0.1) is 0 Å². The Morgan fingerprint density at radius 1 is 1.26 bits per heavy atom. The van der Waals surface area contributed by atoms with Crippen molar-refractivity contribution in [1.82, 2.24) is 9.55 Å². The van der Waals surface area contributed by atoms with Gasteiger partial charge in [0.05, 0.1) is 52.7 Å². The Bertz CT molecular complexity index is 1330. The molecule has 0 atom stereocenters. The number of nitriles is 1. The second-order valence-electron chi connectivity index (χ2n) is 6.76. The first-order valence-electron chi connectivity index (χ1n) is 9.66. The molecular formula is C24H18ClN3O3. The van der Waals surface area contributed by atoms with E-state index in [0.717, 1.165) is 11.0 Å². The van der Waals surface area contributed by atoms with Gasteiger partial charge in [0, 0.05) is 5.56 Å². The number of aromatic nitrogens is 2. The Morgan fingerprint density at radius 3 is 2.90 bits per heavy atom. The number of hydrogen-bond donors (Lipinski definition) is 0. The van der Waals surface area contributed by atoms with Crippen molar-refractivity contribution in [2.75, 3.05) is 6.61 Å². The van der Waals surface area contributed by atoms with E-state index in [-0.39, 0.29) is 12.2 Å². The van der Waals surface area contributed by atoms with E-state index in [9.17, 15) is 10.1 Å². The molecule has 2 heterocycles. The Hall–Kier alpha value is -3.82. The topological polar surface area (TPSA) is 81.0 Å². The first-order valence-corrected chi connectivity index (χ1v) is 10.0. The van der Waals surface area contributed by atoms with Gasteiger partial charge in [-0.2, -0.15) is 5.26 Å².